The zero-order chi connectivity index (χ0) is 22.9. The van der Waals surface area contributed by atoms with E-state index in [2.05, 4.69) is 10.9 Å². The lowest BCUT2D eigenvalue weighted by atomic mass is 10.1. The van der Waals surface area contributed by atoms with Crippen molar-refractivity contribution in [2.45, 2.75) is 18.9 Å². The maximum Gasteiger partial charge on any atom is 0.276 e. The van der Waals surface area contributed by atoms with E-state index in [1.54, 1.807) is 36.4 Å². The fourth-order valence-corrected chi connectivity index (χ4v) is 3.43. The molecule has 2 N–H and O–H groups in total. The van der Waals surface area contributed by atoms with Crippen molar-refractivity contribution < 1.29 is 23.8 Å². The second kappa shape index (κ2) is 11.2. The third-order valence-electron chi connectivity index (χ3n) is 5.22. The fourth-order valence-electron chi connectivity index (χ4n) is 3.43. The molecule has 3 aromatic rings. The van der Waals surface area contributed by atoms with Gasteiger partial charge in [-0.15, -0.1) is 0 Å². The number of carbonyl (C=O) groups excluding carboxylic acids is 2. The quantitative estimate of drug-likeness (QED) is 0.515. The van der Waals surface area contributed by atoms with Crippen LogP contribution in [0.5, 0.6) is 11.5 Å². The first-order chi connectivity index (χ1) is 16.2. The smallest absolute Gasteiger partial charge is 0.276 e. The molecule has 1 aliphatic rings. The lowest BCUT2D eigenvalue weighted by Crippen LogP contribution is -2.43. The predicted molar refractivity (Wildman–Crippen MR) is 124 cm³/mol. The van der Waals surface area contributed by atoms with Crippen LogP contribution in [0.3, 0.4) is 0 Å². The van der Waals surface area contributed by atoms with Gasteiger partial charge in [0, 0.05) is 12.2 Å². The summed E-state index contributed by atoms with van der Waals surface area (Å²) in [7, 11) is 0. The van der Waals surface area contributed by atoms with Gasteiger partial charge in [0.1, 0.15) is 18.1 Å². The van der Waals surface area contributed by atoms with Crippen LogP contribution in [-0.2, 0) is 9.53 Å². The van der Waals surface area contributed by atoms with Gasteiger partial charge in [-0.1, -0.05) is 42.5 Å². The summed E-state index contributed by atoms with van der Waals surface area (Å²) < 4.78 is 16.7. The summed E-state index contributed by atoms with van der Waals surface area (Å²) in [5.74, 6) is 0.334. The first-order valence-electron chi connectivity index (χ1n) is 10.9. The highest BCUT2D eigenvalue weighted by Gasteiger charge is 2.16. The third-order valence-corrected chi connectivity index (χ3v) is 5.22. The number of carbonyl (C=O) groups is 2. The molecule has 1 fully saturated rings. The maximum atomic E-state index is 12.2. The van der Waals surface area contributed by atoms with Gasteiger partial charge in [-0.3, -0.25) is 20.4 Å². The predicted octanol–water partition coefficient (Wildman–Crippen LogP) is 3.75. The summed E-state index contributed by atoms with van der Waals surface area (Å²) in [5, 5.41) is 0. The van der Waals surface area contributed by atoms with Crippen LogP contribution in [0, 0.1) is 0 Å². The average Bonchev–Trinajstić information content (AvgIpc) is 3.40. The molecule has 1 atom stereocenters. The molecule has 0 spiro atoms. The number of amides is 2. The average molecular weight is 447 g/mol. The zero-order valence-electron chi connectivity index (χ0n) is 18.2. The molecule has 170 valence electrons. The lowest BCUT2D eigenvalue weighted by Gasteiger charge is -2.12. The van der Waals surface area contributed by atoms with Crippen LogP contribution in [0.4, 0.5) is 0 Å². The van der Waals surface area contributed by atoms with Crippen molar-refractivity contribution in [1.82, 2.24) is 10.9 Å². The van der Waals surface area contributed by atoms with Crippen molar-refractivity contribution in [3.05, 3.63) is 84.4 Å². The Morgan fingerprint density at radius 3 is 2.18 bits per heavy atom. The largest absolute Gasteiger partial charge is 0.491 e. The Kier molecular flexibility index (Phi) is 7.56. The van der Waals surface area contributed by atoms with Crippen LogP contribution < -0.4 is 20.3 Å². The van der Waals surface area contributed by atoms with E-state index in [-0.39, 0.29) is 12.7 Å². The zero-order valence-corrected chi connectivity index (χ0v) is 18.2. The Bertz CT molecular complexity index is 1050. The van der Waals surface area contributed by atoms with Gasteiger partial charge < -0.3 is 14.2 Å². The highest BCUT2D eigenvalue weighted by molar-refractivity contribution is 5.95. The van der Waals surface area contributed by atoms with Gasteiger partial charge in [0.05, 0.1) is 6.10 Å². The highest BCUT2D eigenvalue weighted by Crippen LogP contribution is 2.22. The molecule has 1 heterocycles. The summed E-state index contributed by atoms with van der Waals surface area (Å²) in [6.45, 7) is 1.06. The Balaban J connectivity index is 1.18. The van der Waals surface area contributed by atoms with Crippen LogP contribution in [-0.4, -0.2) is 37.7 Å². The molecule has 1 aliphatic heterocycles. The standard InChI is InChI=1S/C26H26N2O5/c29-25(18-33-23-12-8-20(9-13-23)19-5-2-1-3-6-19)27-28-26(30)21-10-14-22(15-11-21)32-17-24-7-4-16-31-24/h1-3,5-6,8-15,24H,4,7,16-18H2,(H,27,29)(H,28,30). The van der Waals surface area contributed by atoms with Crippen LogP contribution in [0.15, 0.2) is 78.9 Å². The number of hydrazine groups is 1. The van der Waals surface area contributed by atoms with Crippen molar-refractivity contribution in [3.8, 4) is 22.6 Å². The van der Waals surface area contributed by atoms with Gasteiger partial charge in [0.2, 0.25) is 0 Å². The van der Waals surface area contributed by atoms with Gasteiger partial charge in [-0.2, -0.15) is 0 Å². The molecule has 1 unspecified atom stereocenters. The minimum Gasteiger partial charge on any atom is -0.491 e. The van der Waals surface area contributed by atoms with Crippen molar-refractivity contribution in [3.63, 3.8) is 0 Å². The van der Waals surface area contributed by atoms with Gasteiger partial charge in [0.25, 0.3) is 11.8 Å². The van der Waals surface area contributed by atoms with Crippen molar-refractivity contribution in [2.75, 3.05) is 19.8 Å². The molecular weight excluding hydrogens is 420 g/mol. The first-order valence-corrected chi connectivity index (χ1v) is 10.9. The number of benzene rings is 3. The van der Waals surface area contributed by atoms with Crippen molar-refractivity contribution in [2.24, 2.45) is 0 Å². The SMILES string of the molecule is O=C(COc1ccc(-c2ccccc2)cc1)NNC(=O)c1ccc(OCC2CCCO2)cc1. The Morgan fingerprint density at radius 2 is 1.48 bits per heavy atom. The molecule has 3 aromatic carbocycles. The number of hydrogen-bond acceptors (Lipinski definition) is 5. The molecule has 0 aliphatic carbocycles. The Labute approximate surface area is 192 Å². The van der Waals surface area contributed by atoms with E-state index in [0.717, 1.165) is 30.6 Å². The number of ether oxygens (including phenoxy) is 3. The van der Waals surface area contributed by atoms with E-state index in [1.807, 2.05) is 42.5 Å². The van der Waals surface area contributed by atoms with E-state index >= 15 is 0 Å². The van der Waals surface area contributed by atoms with E-state index < -0.39 is 11.8 Å². The second-order valence-corrected chi connectivity index (χ2v) is 7.65. The molecule has 0 bridgehead atoms. The van der Waals surface area contributed by atoms with Gasteiger partial charge in [0.15, 0.2) is 6.61 Å². The third kappa shape index (κ3) is 6.57. The Morgan fingerprint density at radius 1 is 0.818 bits per heavy atom. The van der Waals surface area contributed by atoms with E-state index in [4.69, 9.17) is 14.2 Å². The topological polar surface area (TPSA) is 85.9 Å². The molecule has 33 heavy (non-hydrogen) atoms. The molecule has 0 aromatic heterocycles. The maximum absolute atomic E-state index is 12.2. The molecule has 2 amide bonds. The fraction of sp³-hybridized carbons (Fsp3) is 0.231. The normalized spacial score (nSPS) is 15.0. The van der Waals surface area contributed by atoms with Crippen LogP contribution in [0.1, 0.15) is 23.2 Å². The summed E-state index contributed by atoms with van der Waals surface area (Å²) in [6.07, 6.45) is 2.19. The van der Waals surface area contributed by atoms with E-state index in [9.17, 15) is 9.59 Å². The van der Waals surface area contributed by atoms with Crippen LogP contribution in [0.2, 0.25) is 0 Å². The number of nitrogens with one attached hydrogen (secondary N) is 2. The summed E-state index contributed by atoms with van der Waals surface area (Å²) >= 11 is 0. The van der Waals surface area contributed by atoms with Gasteiger partial charge in [-0.25, -0.2) is 0 Å². The summed E-state index contributed by atoms with van der Waals surface area (Å²) in [5.41, 5.74) is 7.30. The van der Waals surface area contributed by atoms with Gasteiger partial charge >= 0.3 is 0 Å². The molecule has 0 radical (unpaired) electrons. The van der Waals surface area contributed by atoms with E-state index in [1.165, 1.54) is 0 Å². The van der Waals surface area contributed by atoms with Crippen molar-refractivity contribution in [1.29, 1.82) is 0 Å². The van der Waals surface area contributed by atoms with Gasteiger partial charge in [-0.05, 0) is 60.4 Å². The number of hydrogen-bond donors (Lipinski definition) is 2. The molecule has 0 saturated carbocycles. The summed E-state index contributed by atoms with van der Waals surface area (Å²) in [6, 6.07) is 24.1. The van der Waals surface area contributed by atoms with Crippen LogP contribution in [0.25, 0.3) is 11.1 Å². The molecule has 1 saturated heterocycles. The second-order valence-electron chi connectivity index (χ2n) is 7.65. The molecular formula is C26H26N2O5. The Hall–Kier alpha value is -3.84. The highest BCUT2D eigenvalue weighted by atomic mass is 16.5. The minimum atomic E-state index is -0.466. The molecule has 7 heteroatoms. The van der Waals surface area contributed by atoms with Crippen LogP contribution >= 0.6 is 0 Å². The summed E-state index contributed by atoms with van der Waals surface area (Å²) in [4.78, 5) is 24.3. The number of rotatable bonds is 8. The first kappa shape index (κ1) is 22.4. The monoisotopic (exact) mass is 446 g/mol. The molecule has 7 nitrogen and oxygen atoms in total. The molecule has 4 rings (SSSR count). The lowest BCUT2D eigenvalue weighted by molar-refractivity contribution is -0.123. The minimum absolute atomic E-state index is 0.132. The van der Waals surface area contributed by atoms with E-state index in [0.29, 0.717) is 23.7 Å². The van der Waals surface area contributed by atoms with Crippen molar-refractivity contribution >= 4 is 11.8 Å².